The number of carbonyl (C=O) groups excluding carboxylic acids is 4. The van der Waals surface area contributed by atoms with Crippen molar-refractivity contribution < 1.29 is 28.7 Å². The lowest BCUT2D eigenvalue weighted by Crippen LogP contribution is -2.23. The zero-order valence-electron chi connectivity index (χ0n) is 30.6. The van der Waals surface area contributed by atoms with Gasteiger partial charge in [-0.25, -0.2) is 6.57 Å². The van der Waals surface area contributed by atoms with Crippen LogP contribution in [0.2, 0.25) is 10.0 Å². The first-order valence-electron chi connectivity index (χ1n) is 17.0. The third kappa shape index (κ3) is 9.10. The largest absolute Gasteiger partial charge is 0.483 e. The lowest BCUT2D eigenvalue weighted by atomic mass is 10.0. The van der Waals surface area contributed by atoms with Gasteiger partial charge in [-0.2, -0.15) is 0 Å². The summed E-state index contributed by atoms with van der Waals surface area (Å²) in [5.41, 5.74) is 16.4. The zero-order valence-corrected chi connectivity index (χ0v) is 32.1. The second-order valence-corrected chi connectivity index (χ2v) is 13.3. The lowest BCUT2D eigenvalue weighted by Gasteiger charge is -2.09. The quantitative estimate of drug-likeness (QED) is 0.0153. The van der Waals surface area contributed by atoms with Crippen LogP contribution in [0.1, 0.15) is 54.4 Å². The number of amides is 2. The van der Waals surface area contributed by atoms with E-state index in [0.717, 1.165) is 22.5 Å². The first-order chi connectivity index (χ1) is 27.3. The predicted octanol–water partition coefficient (Wildman–Crippen LogP) is 6.26. The number of Topliss-reactive ketones (excluding diaryl/α,β-unsaturated/α-hetero) is 2. The monoisotopic (exact) mass is 807 g/mol. The number of halogens is 2. The van der Waals surface area contributed by atoms with Crippen LogP contribution in [0.5, 0.6) is 11.5 Å². The molecular weight excluding hydrogens is 773 g/mol. The van der Waals surface area contributed by atoms with E-state index < -0.39 is 23.4 Å². The number of nitrogens with zero attached hydrogens (tertiary/aromatic N) is 5. The smallest absolute Gasteiger partial charge is 0.357 e. The number of amidine groups is 1. The molecule has 15 nitrogen and oxygen atoms in total. The Balaban J connectivity index is 0.000000219. The molecule has 0 aliphatic rings. The summed E-state index contributed by atoms with van der Waals surface area (Å²) in [7, 11) is 0. The molecule has 2 amide bonds. The van der Waals surface area contributed by atoms with Crippen molar-refractivity contribution in [2.75, 3.05) is 13.3 Å². The Hall–Kier alpha value is -7.02. The third-order valence-electron chi connectivity index (χ3n) is 8.84. The predicted molar refractivity (Wildman–Crippen MR) is 214 cm³/mol. The summed E-state index contributed by atoms with van der Waals surface area (Å²) < 4.78 is 14.7. The van der Waals surface area contributed by atoms with Crippen LogP contribution < -0.4 is 26.8 Å². The molecule has 4 heterocycles. The minimum absolute atomic E-state index is 0.155. The fourth-order valence-electron chi connectivity index (χ4n) is 6.42. The normalized spacial score (nSPS) is 10.9. The average molecular weight is 809 g/mol. The number of fused-ring (bicyclic) bond motifs is 2. The average Bonchev–Trinajstić information content (AvgIpc) is 3.62. The maximum Gasteiger partial charge on any atom is 0.357 e. The first-order valence-corrected chi connectivity index (χ1v) is 17.7. The van der Waals surface area contributed by atoms with E-state index >= 15 is 0 Å². The SMILES string of the molecule is Cc1c(C(=O)C(N)=O)c2c(OCC(=N)N=NN)cccn2c1Cc1cccc(Cl)c1.[C-]#[N+]COc1cccn2c(Cc3cccc(Cl)c3)c(C)c(C(=O)C(N)=O)c12. The van der Waals surface area contributed by atoms with Crippen LogP contribution in [0, 0.1) is 25.8 Å². The topological polar surface area (TPSA) is 227 Å². The molecule has 57 heavy (non-hydrogen) atoms. The highest BCUT2D eigenvalue weighted by molar-refractivity contribution is 6.45. The van der Waals surface area contributed by atoms with E-state index in [9.17, 15) is 19.2 Å². The molecule has 0 aliphatic heterocycles. The molecule has 0 saturated heterocycles. The van der Waals surface area contributed by atoms with Crippen LogP contribution >= 0.6 is 23.2 Å². The van der Waals surface area contributed by atoms with Gasteiger partial charge in [0.2, 0.25) is 0 Å². The first kappa shape index (κ1) is 41.1. The molecule has 0 saturated carbocycles. The van der Waals surface area contributed by atoms with Gasteiger partial charge in [0.1, 0.15) is 12.4 Å². The minimum Gasteiger partial charge on any atom is -0.483 e. The molecule has 6 rings (SSSR count). The number of hydrogen-bond acceptors (Lipinski definition) is 8. The van der Waals surface area contributed by atoms with Crippen LogP contribution in [0.15, 0.2) is 95.5 Å². The standard InChI is InChI=1S/C20H19ClN6O3.C20H16ClN3O3/c1-11-14(9-12-4-2-5-13(21)8-12)27-7-3-6-15(30-10-16(22)25-26-24)18(27)17(11)19(28)20(23)29;1-12-15(10-13-5-3-6-14(21)9-13)24-8-4-7-16(27-11-23-2)18(24)17(12)19(25)20(22)26/h2-8H,9-10H2,1H3,(H2,23,29)(H3,22,24,25);3-9H,10-11H2,1H3,(H2,22,26). The van der Waals surface area contributed by atoms with Crippen molar-refractivity contribution in [3.8, 4) is 11.5 Å². The minimum atomic E-state index is -1.07. The molecule has 0 fully saturated rings. The summed E-state index contributed by atoms with van der Waals surface area (Å²) in [6.45, 7) is 10.0. The number of hydrogen-bond donors (Lipinski definition) is 4. The molecule has 0 radical (unpaired) electrons. The van der Waals surface area contributed by atoms with E-state index in [1.54, 1.807) is 71.4 Å². The molecule has 6 aromatic rings. The molecule has 0 spiro atoms. The van der Waals surface area contributed by atoms with Crippen LogP contribution in [0.3, 0.4) is 0 Å². The van der Waals surface area contributed by atoms with E-state index in [2.05, 4.69) is 15.2 Å². The molecular formula is C40H35Cl2N9O6. The number of rotatable bonds is 13. The lowest BCUT2D eigenvalue weighted by molar-refractivity contribution is -0.114. The Morgan fingerprint density at radius 1 is 0.754 bits per heavy atom. The van der Waals surface area contributed by atoms with E-state index in [1.165, 1.54) is 0 Å². The van der Waals surface area contributed by atoms with Crippen molar-refractivity contribution in [3.05, 3.63) is 151 Å². The fraction of sp³-hybridized carbons (Fsp3) is 0.150. The maximum absolute atomic E-state index is 12.6. The Morgan fingerprint density at radius 3 is 1.61 bits per heavy atom. The summed E-state index contributed by atoms with van der Waals surface area (Å²) >= 11 is 12.2. The molecule has 0 aliphatic carbocycles. The fourth-order valence-corrected chi connectivity index (χ4v) is 6.84. The molecule has 0 bridgehead atoms. The van der Waals surface area contributed by atoms with Gasteiger partial charge in [0.25, 0.3) is 23.4 Å². The van der Waals surface area contributed by atoms with Gasteiger partial charge in [-0.05, 0) is 84.6 Å². The second kappa shape index (κ2) is 18.1. The van der Waals surface area contributed by atoms with Gasteiger partial charge in [0.05, 0.1) is 22.2 Å². The Labute approximate surface area is 335 Å². The van der Waals surface area contributed by atoms with Crippen molar-refractivity contribution in [1.29, 1.82) is 5.41 Å². The van der Waals surface area contributed by atoms with Crippen LogP contribution in [-0.4, -0.2) is 51.4 Å². The number of nitrogens with two attached hydrogens (primary N) is 3. The Bertz CT molecular complexity index is 2640. The Kier molecular flexibility index (Phi) is 13.0. The number of primary amides is 2. The highest BCUT2D eigenvalue weighted by Crippen LogP contribution is 2.34. The number of carbonyl (C=O) groups is 4. The van der Waals surface area contributed by atoms with Crippen LogP contribution in [-0.2, 0) is 22.4 Å². The number of aromatic nitrogens is 2. The molecule has 0 atom stereocenters. The van der Waals surface area contributed by atoms with Crippen LogP contribution in [0.4, 0.5) is 0 Å². The molecule has 17 heteroatoms. The summed E-state index contributed by atoms with van der Waals surface area (Å²) in [6.07, 6.45) is 4.49. The summed E-state index contributed by atoms with van der Waals surface area (Å²) in [6, 6.07) is 21.5. The van der Waals surface area contributed by atoms with Gasteiger partial charge < -0.3 is 35.6 Å². The van der Waals surface area contributed by atoms with Crippen molar-refractivity contribution in [3.63, 3.8) is 0 Å². The Morgan fingerprint density at radius 2 is 1.21 bits per heavy atom. The maximum atomic E-state index is 12.6. The van der Waals surface area contributed by atoms with Gasteiger partial charge >= 0.3 is 6.73 Å². The zero-order chi connectivity index (χ0) is 41.4. The number of pyridine rings is 2. The van der Waals surface area contributed by atoms with Gasteiger partial charge in [0.15, 0.2) is 11.6 Å². The second-order valence-electron chi connectivity index (χ2n) is 12.5. The van der Waals surface area contributed by atoms with Crippen molar-refractivity contribution in [2.24, 2.45) is 27.6 Å². The number of benzene rings is 2. The molecule has 290 valence electrons. The number of ether oxygens (including phenoxy) is 2. The molecule has 0 unspecified atom stereocenters. The van der Waals surface area contributed by atoms with E-state index in [1.807, 2.05) is 36.4 Å². The van der Waals surface area contributed by atoms with Gasteiger partial charge in [0, 0.05) is 46.7 Å². The highest BCUT2D eigenvalue weighted by atomic mass is 35.5. The van der Waals surface area contributed by atoms with Crippen molar-refractivity contribution in [1.82, 2.24) is 8.80 Å². The highest BCUT2D eigenvalue weighted by Gasteiger charge is 2.28. The van der Waals surface area contributed by atoms with Gasteiger partial charge in [-0.15, -0.1) is 5.11 Å². The van der Waals surface area contributed by atoms with Crippen molar-refractivity contribution >= 4 is 63.5 Å². The summed E-state index contributed by atoms with van der Waals surface area (Å²) in [4.78, 5) is 51.6. The van der Waals surface area contributed by atoms with Crippen molar-refractivity contribution in [2.45, 2.75) is 26.7 Å². The van der Waals surface area contributed by atoms with Gasteiger partial charge in [-0.1, -0.05) is 52.7 Å². The van der Waals surface area contributed by atoms with E-state index in [-0.39, 0.29) is 30.3 Å². The summed E-state index contributed by atoms with van der Waals surface area (Å²) in [5.74, 6) is 1.65. The number of nitrogens with one attached hydrogen (secondary N) is 1. The van der Waals surface area contributed by atoms with Gasteiger partial charge in [-0.3, -0.25) is 29.4 Å². The molecule has 7 N–H and O–H groups in total. The molecule has 2 aromatic carbocycles. The van der Waals surface area contributed by atoms with Crippen LogP contribution in [0.25, 0.3) is 15.9 Å². The third-order valence-corrected chi connectivity index (χ3v) is 9.31. The van der Waals surface area contributed by atoms with E-state index in [0.29, 0.717) is 56.5 Å². The summed E-state index contributed by atoms with van der Waals surface area (Å²) in [5, 5.41) is 15.3. The number of ketones is 2. The van der Waals surface area contributed by atoms with E-state index in [4.69, 9.17) is 62.0 Å². The molecule has 4 aromatic heterocycles.